The molecule has 6 nitrogen and oxygen atoms in total. The molecule has 1 aliphatic rings. The van der Waals surface area contributed by atoms with Gasteiger partial charge in [0.15, 0.2) is 0 Å². The topological polar surface area (TPSA) is 67.7 Å². The Hall–Kier alpha value is -2.02. The van der Waals surface area contributed by atoms with Crippen LogP contribution >= 0.6 is 0 Å². The third kappa shape index (κ3) is 4.74. The number of nitrogens with zero attached hydrogens (tertiary/aromatic N) is 3. The summed E-state index contributed by atoms with van der Waals surface area (Å²) in [4.78, 5) is 10.5. The van der Waals surface area contributed by atoms with Crippen LogP contribution in [0.15, 0.2) is 42.9 Å². The fraction of sp³-hybridized carbons (Fsp3) is 0.444. The third-order valence-electron chi connectivity index (χ3n) is 3.94. The lowest BCUT2D eigenvalue weighted by Crippen LogP contribution is -2.48. The number of aryl methyl sites for hydroxylation is 1. The molecule has 1 fully saturated rings. The van der Waals surface area contributed by atoms with Crippen LogP contribution < -0.4 is 4.74 Å². The summed E-state index contributed by atoms with van der Waals surface area (Å²) < 4.78 is 11.4. The molecule has 24 heavy (non-hydrogen) atoms. The molecule has 0 unspecified atom stereocenters. The Balaban J connectivity index is 1.62. The Kier molecular flexibility index (Phi) is 5.40. The highest BCUT2D eigenvalue weighted by molar-refractivity contribution is 5.27. The maximum Gasteiger partial charge on any atom is 0.134 e. The molecule has 2 aromatic rings. The monoisotopic (exact) mass is 329 g/mol. The van der Waals surface area contributed by atoms with Crippen LogP contribution in [0.5, 0.6) is 5.75 Å². The van der Waals surface area contributed by atoms with Crippen LogP contribution in [-0.4, -0.2) is 58.5 Å². The maximum atomic E-state index is 10.9. The number of hydrogen-bond acceptors (Lipinski definition) is 6. The van der Waals surface area contributed by atoms with Gasteiger partial charge in [0.2, 0.25) is 0 Å². The van der Waals surface area contributed by atoms with E-state index in [0.29, 0.717) is 19.7 Å². The average molecular weight is 329 g/mol. The maximum absolute atomic E-state index is 10.9. The summed E-state index contributed by atoms with van der Waals surface area (Å²) in [6.45, 7) is 4.87. The van der Waals surface area contributed by atoms with Crippen molar-refractivity contribution >= 4 is 0 Å². The van der Waals surface area contributed by atoms with Crippen molar-refractivity contribution in [3.05, 3.63) is 54.1 Å². The Labute approximate surface area is 142 Å². The second kappa shape index (κ2) is 7.70. The molecule has 0 bridgehead atoms. The van der Waals surface area contributed by atoms with Gasteiger partial charge in [-0.2, -0.15) is 0 Å². The second-order valence-corrected chi connectivity index (χ2v) is 6.29. The molecule has 0 spiro atoms. The molecule has 0 radical (unpaired) electrons. The predicted molar refractivity (Wildman–Crippen MR) is 89.8 cm³/mol. The highest BCUT2D eigenvalue weighted by Crippen LogP contribution is 2.18. The van der Waals surface area contributed by atoms with Gasteiger partial charge >= 0.3 is 0 Å². The van der Waals surface area contributed by atoms with Crippen LogP contribution in [-0.2, 0) is 11.3 Å². The Morgan fingerprint density at radius 1 is 1.38 bits per heavy atom. The quantitative estimate of drug-likeness (QED) is 0.895. The van der Waals surface area contributed by atoms with E-state index >= 15 is 0 Å². The number of benzene rings is 1. The van der Waals surface area contributed by atoms with E-state index in [-0.39, 0.29) is 13.2 Å². The van der Waals surface area contributed by atoms with Gasteiger partial charge in [-0.1, -0.05) is 12.1 Å². The summed E-state index contributed by atoms with van der Waals surface area (Å²) in [6, 6.07) is 7.81. The molecule has 128 valence electrons. The van der Waals surface area contributed by atoms with Crippen molar-refractivity contribution in [1.82, 2.24) is 14.9 Å². The fourth-order valence-corrected chi connectivity index (χ4v) is 2.78. The van der Waals surface area contributed by atoms with Crippen LogP contribution in [0, 0.1) is 6.92 Å². The summed E-state index contributed by atoms with van der Waals surface area (Å²) in [6.07, 6.45) is 5.08. The first-order chi connectivity index (χ1) is 11.6. The van der Waals surface area contributed by atoms with E-state index in [2.05, 4.69) is 14.9 Å². The second-order valence-electron chi connectivity index (χ2n) is 6.29. The number of ether oxygens (including phenoxy) is 2. The molecule has 0 amide bonds. The van der Waals surface area contributed by atoms with E-state index in [4.69, 9.17) is 9.47 Å². The van der Waals surface area contributed by atoms with Crippen molar-refractivity contribution in [3.8, 4) is 5.75 Å². The molecule has 6 heteroatoms. The molecule has 1 aliphatic heterocycles. The minimum atomic E-state index is -1.05. The van der Waals surface area contributed by atoms with Crippen LogP contribution in [0.2, 0.25) is 0 Å². The van der Waals surface area contributed by atoms with E-state index < -0.39 is 5.60 Å². The third-order valence-corrected chi connectivity index (χ3v) is 3.94. The lowest BCUT2D eigenvalue weighted by molar-refractivity contribution is -0.0647. The normalized spacial score (nSPS) is 22.1. The molecule has 1 aromatic heterocycles. The molecule has 3 rings (SSSR count). The molecule has 1 saturated heterocycles. The van der Waals surface area contributed by atoms with E-state index in [0.717, 1.165) is 23.6 Å². The lowest BCUT2D eigenvalue weighted by atomic mass is 10.1. The first kappa shape index (κ1) is 16.8. The van der Waals surface area contributed by atoms with Gasteiger partial charge in [0.05, 0.1) is 18.9 Å². The van der Waals surface area contributed by atoms with Crippen molar-refractivity contribution in [2.75, 3.05) is 32.9 Å². The molecule has 0 aliphatic carbocycles. The summed E-state index contributed by atoms with van der Waals surface area (Å²) >= 11 is 0. The van der Waals surface area contributed by atoms with Crippen LogP contribution in [0.1, 0.15) is 11.3 Å². The van der Waals surface area contributed by atoms with E-state index in [1.54, 1.807) is 18.6 Å². The number of rotatable bonds is 5. The summed E-state index contributed by atoms with van der Waals surface area (Å²) in [5.74, 6) is 0.758. The SMILES string of the molecule is Cc1cccc(OC[C@@]2(O)COCCN(Cc3cnccn3)C2)c1. The van der Waals surface area contributed by atoms with Gasteiger partial charge in [-0.05, 0) is 24.6 Å². The van der Waals surface area contributed by atoms with Crippen molar-refractivity contribution in [2.45, 2.75) is 19.1 Å². The molecular formula is C18H23N3O3. The predicted octanol–water partition coefficient (Wildman–Crippen LogP) is 1.43. The van der Waals surface area contributed by atoms with Gasteiger partial charge in [0.25, 0.3) is 0 Å². The summed E-state index contributed by atoms with van der Waals surface area (Å²) in [5, 5.41) is 10.9. The van der Waals surface area contributed by atoms with Gasteiger partial charge in [0.1, 0.15) is 18.0 Å². The minimum absolute atomic E-state index is 0.188. The zero-order chi connectivity index (χ0) is 16.8. The minimum Gasteiger partial charge on any atom is -0.490 e. The highest BCUT2D eigenvalue weighted by atomic mass is 16.5. The zero-order valence-electron chi connectivity index (χ0n) is 13.9. The largest absolute Gasteiger partial charge is 0.490 e. The van der Waals surface area contributed by atoms with E-state index in [1.807, 2.05) is 31.2 Å². The van der Waals surface area contributed by atoms with Gasteiger partial charge in [-0.3, -0.25) is 14.9 Å². The van der Waals surface area contributed by atoms with Gasteiger partial charge in [-0.15, -0.1) is 0 Å². The van der Waals surface area contributed by atoms with Crippen molar-refractivity contribution in [2.24, 2.45) is 0 Å². The lowest BCUT2D eigenvalue weighted by Gasteiger charge is -2.30. The number of aliphatic hydroxyl groups is 1. The molecular weight excluding hydrogens is 306 g/mol. The Bertz CT molecular complexity index is 653. The summed E-state index contributed by atoms with van der Waals surface area (Å²) in [5.41, 5.74) is 0.949. The van der Waals surface area contributed by atoms with Crippen LogP contribution in [0.4, 0.5) is 0 Å². The standard InChI is InChI=1S/C18H23N3O3/c1-15-3-2-4-17(9-15)24-14-18(22)12-21(7-8-23-13-18)11-16-10-19-5-6-20-16/h2-6,9-10,22H,7-8,11-14H2,1H3/t18-/m0/s1. The first-order valence-electron chi connectivity index (χ1n) is 8.10. The summed E-state index contributed by atoms with van der Waals surface area (Å²) in [7, 11) is 0. The first-order valence-corrected chi connectivity index (χ1v) is 8.10. The number of β-amino-alcohol motifs (C(OH)–C–C–N with tert-alkyl or cyclic N) is 1. The Morgan fingerprint density at radius 3 is 3.08 bits per heavy atom. The molecule has 0 saturated carbocycles. The molecule has 2 heterocycles. The highest BCUT2D eigenvalue weighted by Gasteiger charge is 2.33. The number of aromatic nitrogens is 2. The van der Waals surface area contributed by atoms with E-state index in [1.165, 1.54) is 0 Å². The smallest absolute Gasteiger partial charge is 0.134 e. The zero-order valence-corrected chi connectivity index (χ0v) is 13.9. The van der Waals surface area contributed by atoms with Crippen molar-refractivity contribution < 1.29 is 14.6 Å². The van der Waals surface area contributed by atoms with Crippen molar-refractivity contribution in [3.63, 3.8) is 0 Å². The van der Waals surface area contributed by atoms with Gasteiger partial charge in [-0.25, -0.2) is 0 Å². The van der Waals surface area contributed by atoms with Crippen LogP contribution in [0.3, 0.4) is 0 Å². The van der Waals surface area contributed by atoms with E-state index in [9.17, 15) is 5.11 Å². The molecule has 1 atom stereocenters. The van der Waals surface area contributed by atoms with Crippen molar-refractivity contribution in [1.29, 1.82) is 0 Å². The van der Waals surface area contributed by atoms with Gasteiger partial charge < -0.3 is 14.6 Å². The van der Waals surface area contributed by atoms with Gasteiger partial charge in [0, 0.05) is 38.2 Å². The fourth-order valence-electron chi connectivity index (χ4n) is 2.78. The molecule has 1 N–H and O–H groups in total. The number of hydrogen-bond donors (Lipinski definition) is 1. The molecule has 1 aromatic carbocycles. The van der Waals surface area contributed by atoms with Crippen LogP contribution in [0.25, 0.3) is 0 Å². The average Bonchev–Trinajstić information content (AvgIpc) is 2.76. The Morgan fingerprint density at radius 2 is 2.29 bits per heavy atom.